The third kappa shape index (κ3) is 4.85. The van der Waals surface area contributed by atoms with Gasteiger partial charge >= 0.3 is 0 Å². The fourth-order valence-electron chi connectivity index (χ4n) is 1.59. The minimum Gasteiger partial charge on any atom is -0.493 e. The van der Waals surface area contributed by atoms with Crippen LogP contribution in [0.5, 0.6) is 11.5 Å². The van der Waals surface area contributed by atoms with Crippen molar-refractivity contribution in [1.29, 1.82) is 0 Å². The van der Waals surface area contributed by atoms with Crippen molar-refractivity contribution in [1.82, 2.24) is 5.32 Å². The molecule has 0 unspecified atom stereocenters. The lowest BCUT2D eigenvalue weighted by molar-refractivity contribution is -0.122. The summed E-state index contributed by atoms with van der Waals surface area (Å²) >= 11 is 3.32. The number of hydrogen-bond acceptors (Lipinski definition) is 4. The van der Waals surface area contributed by atoms with Crippen molar-refractivity contribution in [2.24, 2.45) is 0 Å². The second-order valence-electron chi connectivity index (χ2n) is 4.47. The second-order valence-corrected chi connectivity index (χ2v) is 5.33. The van der Waals surface area contributed by atoms with E-state index in [-0.39, 0.29) is 25.0 Å². The van der Waals surface area contributed by atoms with Gasteiger partial charge in [0.1, 0.15) is 6.29 Å². The van der Waals surface area contributed by atoms with Crippen LogP contribution >= 0.6 is 15.9 Å². The molecular formula is C14H18BrNO4. The molecule has 1 amide bonds. The highest BCUT2D eigenvalue weighted by atomic mass is 79.9. The normalized spacial score (nSPS) is 10.2. The molecule has 0 bridgehead atoms. The third-order valence-electron chi connectivity index (χ3n) is 2.41. The van der Waals surface area contributed by atoms with E-state index in [0.29, 0.717) is 21.5 Å². The van der Waals surface area contributed by atoms with Gasteiger partial charge in [-0.3, -0.25) is 9.59 Å². The molecule has 0 saturated carbocycles. The van der Waals surface area contributed by atoms with Crippen LogP contribution in [-0.2, 0) is 4.79 Å². The number of carbonyl (C=O) groups is 2. The molecule has 0 saturated heterocycles. The number of ether oxygens (including phenoxy) is 2. The van der Waals surface area contributed by atoms with Crippen molar-refractivity contribution in [3.8, 4) is 11.5 Å². The van der Waals surface area contributed by atoms with Gasteiger partial charge in [0.05, 0.1) is 24.6 Å². The van der Waals surface area contributed by atoms with Gasteiger partial charge in [-0.15, -0.1) is 0 Å². The summed E-state index contributed by atoms with van der Waals surface area (Å²) in [7, 11) is 1.49. The predicted octanol–water partition coefficient (Wildman–Crippen LogP) is 2.56. The molecular weight excluding hydrogens is 326 g/mol. The van der Waals surface area contributed by atoms with E-state index in [1.807, 2.05) is 13.8 Å². The molecule has 0 spiro atoms. The lowest BCUT2D eigenvalue weighted by Gasteiger charge is -2.13. The zero-order chi connectivity index (χ0) is 15.1. The Kier molecular flexibility index (Phi) is 6.51. The molecule has 0 fully saturated rings. The average Bonchev–Trinajstić information content (AvgIpc) is 2.39. The summed E-state index contributed by atoms with van der Waals surface area (Å²) in [6, 6.07) is 3.33. The first kappa shape index (κ1) is 16.5. The number of aldehydes is 1. The summed E-state index contributed by atoms with van der Waals surface area (Å²) in [6.07, 6.45) is 0.982. The lowest BCUT2D eigenvalue weighted by Crippen LogP contribution is -2.31. The molecule has 0 aliphatic carbocycles. The van der Waals surface area contributed by atoms with Crippen molar-refractivity contribution in [3.05, 3.63) is 22.2 Å². The van der Waals surface area contributed by atoms with Gasteiger partial charge in [0.25, 0.3) is 0 Å². The number of halogens is 1. The number of rotatable bonds is 7. The zero-order valence-corrected chi connectivity index (χ0v) is 13.3. The minimum atomic E-state index is -0.0698. The van der Waals surface area contributed by atoms with Crippen LogP contribution < -0.4 is 14.8 Å². The molecule has 1 rings (SSSR count). The van der Waals surface area contributed by atoms with Crippen LogP contribution in [0, 0.1) is 0 Å². The summed E-state index contributed by atoms with van der Waals surface area (Å²) in [5, 5.41) is 2.78. The van der Waals surface area contributed by atoms with Gasteiger partial charge in [0.2, 0.25) is 5.91 Å². The Morgan fingerprint density at radius 3 is 2.70 bits per heavy atom. The molecule has 1 aromatic rings. The fraction of sp³-hybridized carbons (Fsp3) is 0.429. The molecule has 0 atom stereocenters. The maximum atomic E-state index is 11.5. The Bertz CT molecular complexity index is 488. The van der Waals surface area contributed by atoms with Gasteiger partial charge in [-0.1, -0.05) is 0 Å². The number of amides is 1. The summed E-state index contributed by atoms with van der Waals surface area (Å²) < 4.78 is 11.4. The highest BCUT2D eigenvalue weighted by molar-refractivity contribution is 9.10. The largest absolute Gasteiger partial charge is 0.493 e. The quantitative estimate of drug-likeness (QED) is 0.772. The molecule has 0 radical (unpaired) electrons. The van der Waals surface area contributed by atoms with Crippen LogP contribution in [0.2, 0.25) is 0 Å². The maximum Gasteiger partial charge on any atom is 0.223 e. The van der Waals surface area contributed by atoms with E-state index in [1.54, 1.807) is 12.1 Å². The Labute approximate surface area is 126 Å². The van der Waals surface area contributed by atoms with Crippen LogP contribution in [0.4, 0.5) is 0 Å². The van der Waals surface area contributed by atoms with E-state index in [4.69, 9.17) is 9.47 Å². The van der Waals surface area contributed by atoms with Gasteiger partial charge in [-0.2, -0.15) is 0 Å². The Morgan fingerprint density at radius 2 is 2.15 bits per heavy atom. The minimum absolute atomic E-state index is 0.0698. The van der Waals surface area contributed by atoms with Gasteiger partial charge in [0, 0.05) is 11.6 Å². The van der Waals surface area contributed by atoms with Gasteiger partial charge in [0.15, 0.2) is 11.5 Å². The molecule has 0 aromatic heterocycles. The Hall–Kier alpha value is -1.56. The maximum absolute atomic E-state index is 11.5. The van der Waals surface area contributed by atoms with E-state index in [9.17, 15) is 9.59 Å². The molecule has 1 aromatic carbocycles. The van der Waals surface area contributed by atoms with Gasteiger partial charge in [-0.05, 0) is 41.9 Å². The van der Waals surface area contributed by atoms with Crippen molar-refractivity contribution in [2.75, 3.05) is 13.7 Å². The van der Waals surface area contributed by atoms with Gasteiger partial charge in [-0.25, -0.2) is 0 Å². The first-order valence-electron chi connectivity index (χ1n) is 6.22. The number of methoxy groups -OCH3 is 1. The van der Waals surface area contributed by atoms with E-state index in [1.165, 1.54) is 7.11 Å². The first-order valence-corrected chi connectivity index (χ1v) is 7.02. The number of carbonyl (C=O) groups excluding carboxylic acids is 2. The highest BCUT2D eigenvalue weighted by Gasteiger charge is 2.12. The monoisotopic (exact) mass is 343 g/mol. The Balaban J connectivity index is 2.68. The van der Waals surface area contributed by atoms with Crippen molar-refractivity contribution >= 4 is 28.1 Å². The van der Waals surface area contributed by atoms with Crippen molar-refractivity contribution in [3.63, 3.8) is 0 Å². The molecule has 0 heterocycles. The zero-order valence-electron chi connectivity index (χ0n) is 11.7. The van der Waals surface area contributed by atoms with E-state index >= 15 is 0 Å². The second kappa shape index (κ2) is 7.89. The lowest BCUT2D eigenvalue weighted by atomic mass is 10.2. The number of nitrogens with one attached hydrogen (secondary N) is 1. The Morgan fingerprint density at radius 1 is 1.45 bits per heavy atom. The molecule has 0 aliphatic heterocycles. The standard InChI is InChI=1S/C14H18BrNO4/c1-9(2)16-13(18)4-5-20-14-11(15)6-10(8-17)7-12(14)19-3/h6-9H,4-5H2,1-3H3,(H,16,18). The van der Waals surface area contributed by atoms with E-state index in [0.717, 1.165) is 6.29 Å². The SMILES string of the molecule is COc1cc(C=O)cc(Br)c1OCCC(=O)NC(C)C. The van der Waals surface area contributed by atoms with Crippen LogP contribution in [0.15, 0.2) is 16.6 Å². The fourth-order valence-corrected chi connectivity index (χ4v) is 2.16. The first-order chi connectivity index (χ1) is 9.47. The average molecular weight is 344 g/mol. The van der Waals surface area contributed by atoms with E-state index in [2.05, 4.69) is 21.2 Å². The van der Waals surface area contributed by atoms with Crippen LogP contribution in [0.1, 0.15) is 30.6 Å². The van der Waals surface area contributed by atoms with Crippen molar-refractivity contribution in [2.45, 2.75) is 26.3 Å². The van der Waals surface area contributed by atoms with Crippen LogP contribution in [-0.4, -0.2) is 32.0 Å². The molecule has 20 heavy (non-hydrogen) atoms. The summed E-state index contributed by atoms with van der Waals surface area (Å²) in [5.74, 6) is 0.862. The smallest absolute Gasteiger partial charge is 0.223 e. The highest BCUT2D eigenvalue weighted by Crippen LogP contribution is 2.36. The molecule has 110 valence electrons. The summed E-state index contributed by atoms with van der Waals surface area (Å²) in [6.45, 7) is 4.03. The predicted molar refractivity (Wildman–Crippen MR) is 79.5 cm³/mol. The molecule has 6 heteroatoms. The van der Waals surface area contributed by atoms with E-state index < -0.39 is 0 Å². The van der Waals surface area contributed by atoms with Crippen molar-refractivity contribution < 1.29 is 19.1 Å². The molecule has 1 N–H and O–H groups in total. The molecule has 5 nitrogen and oxygen atoms in total. The summed E-state index contributed by atoms with van der Waals surface area (Å²) in [4.78, 5) is 22.3. The van der Waals surface area contributed by atoms with Gasteiger partial charge < -0.3 is 14.8 Å². The van der Waals surface area contributed by atoms with Crippen LogP contribution in [0.25, 0.3) is 0 Å². The molecule has 0 aliphatic rings. The topological polar surface area (TPSA) is 64.6 Å². The number of benzene rings is 1. The summed E-state index contributed by atoms with van der Waals surface area (Å²) in [5.41, 5.74) is 0.485. The third-order valence-corrected chi connectivity index (χ3v) is 3.00. The van der Waals surface area contributed by atoms with Crippen LogP contribution in [0.3, 0.4) is 0 Å². The number of hydrogen-bond donors (Lipinski definition) is 1.